The Labute approximate surface area is 83.0 Å². The van der Waals surface area contributed by atoms with Crippen molar-refractivity contribution in [2.75, 3.05) is 24.5 Å². The molecule has 0 radical (unpaired) electrons. The summed E-state index contributed by atoms with van der Waals surface area (Å²) in [4.78, 5) is 9.48. The zero-order valence-electron chi connectivity index (χ0n) is 8.50. The van der Waals surface area contributed by atoms with Gasteiger partial charge in [-0.25, -0.2) is 14.4 Å². The fourth-order valence-electron chi connectivity index (χ4n) is 1.24. The lowest BCUT2D eigenvalue weighted by molar-refractivity contribution is 0.591. The maximum atomic E-state index is 13.6. The second-order valence-electron chi connectivity index (χ2n) is 2.97. The number of nitrogens with two attached hydrogens (primary N) is 1. The van der Waals surface area contributed by atoms with Crippen LogP contribution < -0.4 is 10.6 Å². The SMILES string of the molecule is CCN(CCN)c1ncnc(C)c1F. The van der Waals surface area contributed by atoms with Crippen molar-refractivity contribution in [1.29, 1.82) is 0 Å². The van der Waals surface area contributed by atoms with Crippen molar-refractivity contribution in [2.24, 2.45) is 5.73 Å². The summed E-state index contributed by atoms with van der Waals surface area (Å²) in [6, 6.07) is 0. The molecule has 1 rings (SSSR count). The molecule has 4 nitrogen and oxygen atoms in total. The molecule has 1 aromatic rings. The monoisotopic (exact) mass is 198 g/mol. The average Bonchev–Trinajstić information content (AvgIpc) is 2.19. The molecule has 2 N–H and O–H groups in total. The van der Waals surface area contributed by atoms with Crippen molar-refractivity contribution in [2.45, 2.75) is 13.8 Å². The van der Waals surface area contributed by atoms with Crippen LogP contribution in [0, 0.1) is 12.7 Å². The number of anilines is 1. The van der Waals surface area contributed by atoms with Gasteiger partial charge < -0.3 is 10.6 Å². The minimum Gasteiger partial charge on any atom is -0.353 e. The van der Waals surface area contributed by atoms with Gasteiger partial charge in [0.05, 0.1) is 5.69 Å². The minimum absolute atomic E-state index is 0.338. The third kappa shape index (κ3) is 2.17. The number of halogens is 1. The van der Waals surface area contributed by atoms with E-state index in [1.807, 2.05) is 6.92 Å². The Morgan fingerprint density at radius 1 is 1.50 bits per heavy atom. The van der Waals surface area contributed by atoms with E-state index >= 15 is 0 Å². The normalized spacial score (nSPS) is 10.3. The molecule has 0 amide bonds. The molecule has 0 aliphatic carbocycles. The molecule has 0 aromatic carbocycles. The number of aromatic nitrogens is 2. The first-order valence-electron chi connectivity index (χ1n) is 4.62. The van der Waals surface area contributed by atoms with Gasteiger partial charge in [0.15, 0.2) is 11.6 Å². The first kappa shape index (κ1) is 10.8. The summed E-state index contributed by atoms with van der Waals surface area (Å²) in [5.41, 5.74) is 5.79. The Hall–Kier alpha value is -1.23. The number of aryl methyl sites for hydroxylation is 1. The molecule has 0 bridgehead atoms. The van der Waals surface area contributed by atoms with E-state index < -0.39 is 0 Å². The van der Waals surface area contributed by atoms with Crippen LogP contribution >= 0.6 is 0 Å². The van der Waals surface area contributed by atoms with Gasteiger partial charge in [0.25, 0.3) is 0 Å². The van der Waals surface area contributed by atoms with Crippen LogP contribution in [0.5, 0.6) is 0 Å². The maximum Gasteiger partial charge on any atom is 0.186 e. The molecule has 1 aromatic heterocycles. The van der Waals surface area contributed by atoms with E-state index in [4.69, 9.17) is 5.73 Å². The van der Waals surface area contributed by atoms with Gasteiger partial charge in [-0.1, -0.05) is 0 Å². The lowest BCUT2D eigenvalue weighted by Gasteiger charge is -2.21. The summed E-state index contributed by atoms with van der Waals surface area (Å²) < 4.78 is 13.6. The predicted octanol–water partition coefficient (Wildman–Crippen LogP) is 0.709. The number of hydrogen-bond acceptors (Lipinski definition) is 4. The van der Waals surface area contributed by atoms with Crippen LogP contribution in [-0.4, -0.2) is 29.6 Å². The molecule has 0 fully saturated rings. The van der Waals surface area contributed by atoms with Gasteiger partial charge >= 0.3 is 0 Å². The molecule has 0 saturated carbocycles. The molecule has 5 heteroatoms. The van der Waals surface area contributed by atoms with E-state index in [1.54, 1.807) is 11.8 Å². The summed E-state index contributed by atoms with van der Waals surface area (Å²) in [6.07, 6.45) is 1.37. The number of likely N-dealkylation sites (N-methyl/N-ethyl adjacent to an activating group) is 1. The van der Waals surface area contributed by atoms with Crippen molar-refractivity contribution in [3.63, 3.8) is 0 Å². The highest BCUT2D eigenvalue weighted by Crippen LogP contribution is 2.16. The maximum absolute atomic E-state index is 13.6. The Kier molecular flexibility index (Phi) is 3.76. The Bertz CT molecular complexity index is 303. The second kappa shape index (κ2) is 4.85. The fourth-order valence-corrected chi connectivity index (χ4v) is 1.24. The highest BCUT2D eigenvalue weighted by atomic mass is 19.1. The molecule has 0 spiro atoms. The molecule has 0 atom stereocenters. The van der Waals surface area contributed by atoms with Gasteiger partial charge in [-0.15, -0.1) is 0 Å². The largest absolute Gasteiger partial charge is 0.353 e. The first-order valence-corrected chi connectivity index (χ1v) is 4.62. The van der Waals surface area contributed by atoms with E-state index in [9.17, 15) is 4.39 Å². The third-order valence-corrected chi connectivity index (χ3v) is 2.03. The van der Waals surface area contributed by atoms with Gasteiger partial charge in [-0.05, 0) is 13.8 Å². The van der Waals surface area contributed by atoms with E-state index in [2.05, 4.69) is 9.97 Å². The van der Waals surface area contributed by atoms with Gasteiger partial charge in [0.1, 0.15) is 6.33 Å². The van der Waals surface area contributed by atoms with Crippen molar-refractivity contribution in [3.8, 4) is 0 Å². The molecular weight excluding hydrogens is 183 g/mol. The van der Waals surface area contributed by atoms with Crippen LogP contribution in [-0.2, 0) is 0 Å². The molecule has 0 saturated heterocycles. The van der Waals surface area contributed by atoms with Gasteiger partial charge in [0.2, 0.25) is 0 Å². The minimum atomic E-state index is -0.359. The Balaban J connectivity index is 2.97. The van der Waals surface area contributed by atoms with Crippen LogP contribution in [0.1, 0.15) is 12.6 Å². The van der Waals surface area contributed by atoms with Crippen LogP contribution in [0.15, 0.2) is 6.33 Å². The van der Waals surface area contributed by atoms with E-state index in [1.165, 1.54) is 6.33 Å². The van der Waals surface area contributed by atoms with Crippen molar-refractivity contribution in [3.05, 3.63) is 17.8 Å². The summed E-state index contributed by atoms with van der Waals surface area (Å²) in [6.45, 7) is 5.33. The van der Waals surface area contributed by atoms with E-state index in [-0.39, 0.29) is 5.82 Å². The summed E-state index contributed by atoms with van der Waals surface area (Å²) in [5, 5.41) is 0. The zero-order valence-corrected chi connectivity index (χ0v) is 8.50. The van der Waals surface area contributed by atoms with Crippen molar-refractivity contribution < 1.29 is 4.39 Å². The van der Waals surface area contributed by atoms with Crippen LogP contribution in [0.3, 0.4) is 0 Å². The quantitative estimate of drug-likeness (QED) is 0.774. The highest BCUT2D eigenvalue weighted by molar-refractivity contribution is 5.40. The number of rotatable bonds is 4. The molecule has 78 valence electrons. The predicted molar refractivity (Wildman–Crippen MR) is 53.7 cm³/mol. The Morgan fingerprint density at radius 3 is 2.79 bits per heavy atom. The van der Waals surface area contributed by atoms with E-state index in [0.29, 0.717) is 31.1 Å². The molecule has 0 unspecified atom stereocenters. The third-order valence-electron chi connectivity index (χ3n) is 2.03. The lowest BCUT2D eigenvalue weighted by atomic mass is 10.3. The van der Waals surface area contributed by atoms with Crippen molar-refractivity contribution >= 4 is 5.82 Å². The average molecular weight is 198 g/mol. The lowest BCUT2D eigenvalue weighted by Crippen LogP contribution is -2.30. The number of hydrogen-bond donors (Lipinski definition) is 1. The van der Waals surface area contributed by atoms with Gasteiger partial charge in [0, 0.05) is 19.6 Å². The molecule has 0 aliphatic rings. The van der Waals surface area contributed by atoms with Crippen molar-refractivity contribution in [1.82, 2.24) is 9.97 Å². The van der Waals surface area contributed by atoms with Gasteiger partial charge in [-0.3, -0.25) is 0 Å². The molecule has 0 aliphatic heterocycles. The van der Waals surface area contributed by atoms with Gasteiger partial charge in [-0.2, -0.15) is 0 Å². The summed E-state index contributed by atoms with van der Waals surface area (Å²) in [7, 11) is 0. The van der Waals surface area contributed by atoms with Crippen LogP contribution in [0.2, 0.25) is 0 Å². The number of nitrogens with zero attached hydrogens (tertiary/aromatic N) is 3. The topological polar surface area (TPSA) is 55.0 Å². The first-order chi connectivity index (χ1) is 6.70. The Morgan fingerprint density at radius 2 is 2.21 bits per heavy atom. The smallest absolute Gasteiger partial charge is 0.186 e. The standard InChI is InChI=1S/C9H15FN4/c1-3-14(5-4-11)9-8(10)7(2)12-6-13-9/h6H,3-5,11H2,1-2H3. The summed E-state index contributed by atoms with van der Waals surface area (Å²) in [5.74, 6) is -0.0201. The molecule has 14 heavy (non-hydrogen) atoms. The van der Waals surface area contributed by atoms with Crippen LogP contribution in [0.4, 0.5) is 10.2 Å². The second-order valence-corrected chi connectivity index (χ2v) is 2.97. The van der Waals surface area contributed by atoms with Crippen LogP contribution in [0.25, 0.3) is 0 Å². The fraction of sp³-hybridized carbons (Fsp3) is 0.556. The summed E-state index contributed by atoms with van der Waals surface area (Å²) >= 11 is 0. The molecule has 1 heterocycles. The van der Waals surface area contributed by atoms with E-state index in [0.717, 1.165) is 0 Å². The highest BCUT2D eigenvalue weighted by Gasteiger charge is 2.12. The molecular formula is C9H15FN4. The zero-order chi connectivity index (χ0) is 10.6.